The smallest absolute Gasteiger partial charge is 0.169 e. The maximum Gasteiger partial charge on any atom is 0.169 e. The third-order valence-corrected chi connectivity index (χ3v) is 4.88. The average Bonchev–Trinajstić information content (AvgIpc) is 3.15. The lowest BCUT2D eigenvalue weighted by Gasteiger charge is -2.32. The summed E-state index contributed by atoms with van der Waals surface area (Å²) in [5, 5.41) is 4.13. The van der Waals surface area contributed by atoms with Crippen molar-refractivity contribution in [2.45, 2.75) is 25.0 Å². The summed E-state index contributed by atoms with van der Waals surface area (Å²) >= 11 is 5.65. The van der Waals surface area contributed by atoms with Crippen molar-refractivity contribution in [3.8, 4) is 0 Å². The normalized spacial score (nSPS) is 17.0. The lowest BCUT2D eigenvalue weighted by Crippen LogP contribution is -2.42. The van der Waals surface area contributed by atoms with Crippen LogP contribution in [0.1, 0.15) is 30.0 Å². The molecule has 126 valence electrons. The molecule has 1 atom stereocenters. The first kappa shape index (κ1) is 16.9. The molecule has 0 spiro atoms. The van der Waals surface area contributed by atoms with Gasteiger partial charge >= 0.3 is 0 Å². The van der Waals surface area contributed by atoms with Crippen LogP contribution in [0, 0.1) is 0 Å². The third-order valence-electron chi connectivity index (χ3n) is 4.44. The van der Waals surface area contributed by atoms with E-state index in [0.717, 1.165) is 31.1 Å². The Hall–Kier alpha value is -1.91. The number of ether oxygens (including phenoxy) is 1. The van der Waals surface area contributed by atoms with E-state index in [0.29, 0.717) is 0 Å². The maximum absolute atomic E-state index is 5.67. The highest BCUT2D eigenvalue weighted by Crippen LogP contribution is 2.27. The molecule has 2 aromatic rings. The Bertz CT molecular complexity index is 602. The second-order valence-electron chi connectivity index (χ2n) is 6.16. The molecule has 0 amide bonds. The lowest BCUT2D eigenvalue weighted by molar-refractivity contribution is 0.113. The second-order valence-corrected chi connectivity index (χ2v) is 6.54. The minimum atomic E-state index is 0.0943. The van der Waals surface area contributed by atoms with Gasteiger partial charge in [0.15, 0.2) is 5.11 Å². The van der Waals surface area contributed by atoms with Gasteiger partial charge in [-0.25, -0.2) is 0 Å². The van der Waals surface area contributed by atoms with Crippen molar-refractivity contribution >= 4 is 17.3 Å². The van der Waals surface area contributed by atoms with Crippen LogP contribution >= 0.6 is 12.2 Å². The van der Waals surface area contributed by atoms with E-state index in [1.54, 1.807) is 0 Å². The molecule has 1 fully saturated rings. The van der Waals surface area contributed by atoms with E-state index in [9.17, 15) is 0 Å². The van der Waals surface area contributed by atoms with Gasteiger partial charge in [0.05, 0.1) is 12.1 Å². The topological polar surface area (TPSA) is 24.5 Å². The summed E-state index contributed by atoms with van der Waals surface area (Å²) in [6, 6.07) is 21.1. The van der Waals surface area contributed by atoms with Gasteiger partial charge in [-0.1, -0.05) is 60.7 Å². The van der Waals surface area contributed by atoms with Crippen molar-refractivity contribution in [3.63, 3.8) is 0 Å². The summed E-state index contributed by atoms with van der Waals surface area (Å²) in [4.78, 5) is 2.13. The lowest BCUT2D eigenvalue weighted by atomic mass is 9.98. The Labute approximate surface area is 149 Å². The molecule has 1 aliphatic heterocycles. The molecule has 0 radical (unpaired) electrons. The Morgan fingerprint density at radius 3 is 2.21 bits per heavy atom. The number of nitrogens with zero attached hydrogens (tertiary/aromatic N) is 1. The van der Waals surface area contributed by atoms with Gasteiger partial charge in [0.25, 0.3) is 0 Å². The number of benzene rings is 2. The van der Waals surface area contributed by atoms with E-state index >= 15 is 0 Å². The zero-order valence-electron chi connectivity index (χ0n) is 14.0. The van der Waals surface area contributed by atoms with Gasteiger partial charge < -0.3 is 15.0 Å². The Kier molecular flexibility index (Phi) is 5.83. The fourth-order valence-corrected chi connectivity index (χ4v) is 3.35. The fourth-order valence-electron chi connectivity index (χ4n) is 3.16. The zero-order valence-corrected chi connectivity index (χ0v) is 14.8. The van der Waals surface area contributed by atoms with E-state index in [2.05, 4.69) is 65.8 Å². The number of thiocarbonyl (C=S) groups is 1. The van der Waals surface area contributed by atoms with Crippen molar-refractivity contribution < 1.29 is 4.74 Å². The van der Waals surface area contributed by atoms with Crippen molar-refractivity contribution in [3.05, 3.63) is 71.8 Å². The first-order valence-corrected chi connectivity index (χ1v) is 8.88. The molecule has 24 heavy (non-hydrogen) atoms. The van der Waals surface area contributed by atoms with E-state index in [-0.39, 0.29) is 12.1 Å². The second kappa shape index (κ2) is 8.27. The maximum atomic E-state index is 5.67. The van der Waals surface area contributed by atoms with Crippen molar-refractivity contribution in [1.29, 1.82) is 0 Å². The van der Waals surface area contributed by atoms with Gasteiger partial charge in [-0.05, 0) is 36.2 Å². The van der Waals surface area contributed by atoms with Crippen LogP contribution in [0.3, 0.4) is 0 Å². The molecule has 1 saturated heterocycles. The van der Waals surface area contributed by atoms with Crippen LogP contribution < -0.4 is 5.32 Å². The largest absolute Gasteiger partial charge is 0.376 e. The molecule has 0 saturated carbocycles. The number of hydrogen-bond donors (Lipinski definition) is 1. The third kappa shape index (κ3) is 4.13. The molecular formula is C20H24N2OS. The van der Waals surface area contributed by atoms with Crippen LogP contribution in [-0.2, 0) is 4.74 Å². The first-order valence-electron chi connectivity index (χ1n) is 8.48. The fraction of sp³-hybridized carbons (Fsp3) is 0.350. The Morgan fingerprint density at radius 2 is 1.71 bits per heavy atom. The predicted molar refractivity (Wildman–Crippen MR) is 102 cm³/mol. The van der Waals surface area contributed by atoms with Crippen molar-refractivity contribution in [1.82, 2.24) is 10.2 Å². The van der Waals surface area contributed by atoms with E-state index < -0.39 is 0 Å². The number of rotatable bonds is 5. The quantitative estimate of drug-likeness (QED) is 0.838. The zero-order chi connectivity index (χ0) is 16.8. The SMILES string of the molecule is CN(C(=S)NC[C@H]1CCCO1)C(c1ccccc1)c1ccccc1. The molecular weight excluding hydrogens is 316 g/mol. The molecule has 1 aliphatic rings. The number of hydrogen-bond acceptors (Lipinski definition) is 2. The summed E-state index contributed by atoms with van der Waals surface area (Å²) in [6.45, 7) is 1.64. The average molecular weight is 340 g/mol. The summed E-state index contributed by atoms with van der Waals surface area (Å²) in [6.07, 6.45) is 2.54. The standard InChI is InChI=1S/C20H24N2OS/c1-22(20(24)21-15-18-13-8-14-23-18)19(16-9-4-2-5-10-16)17-11-6-3-7-12-17/h2-7,9-12,18-19H,8,13-15H2,1H3,(H,21,24)/t18-/m1/s1. The van der Waals surface area contributed by atoms with Crippen LogP contribution in [-0.4, -0.2) is 36.3 Å². The monoisotopic (exact) mass is 340 g/mol. The Balaban J connectivity index is 1.75. The van der Waals surface area contributed by atoms with Crippen LogP contribution in [0.25, 0.3) is 0 Å². The minimum absolute atomic E-state index is 0.0943. The first-order chi connectivity index (χ1) is 11.8. The van der Waals surface area contributed by atoms with Gasteiger partial charge in [-0.15, -0.1) is 0 Å². The summed E-state index contributed by atoms with van der Waals surface area (Å²) in [5.41, 5.74) is 2.46. The van der Waals surface area contributed by atoms with Crippen LogP contribution in [0.4, 0.5) is 0 Å². The van der Waals surface area contributed by atoms with Gasteiger partial charge in [-0.2, -0.15) is 0 Å². The highest BCUT2D eigenvalue weighted by Gasteiger charge is 2.22. The summed E-state index contributed by atoms with van der Waals surface area (Å²) in [5.74, 6) is 0. The summed E-state index contributed by atoms with van der Waals surface area (Å²) in [7, 11) is 2.05. The molecule has 4 heteroatoms. The van der Waals surface area contributed by atoms with E-state index in [1.807, 2.05) is 12.1 Å². The van der Waals surface area contributed by atoms with Gasteiger partial charge in [0.2, 0.25) is 0 Å². The molecule has 1 heterocycles. The number of nitrogens with one attached hydrogen (secondary N) is 1. The predicted octanol–water partition coefficient (Wildman–Crippen LogP) is 3.76. The molecule has 2 aromatic carbocycles. The molecule has 3 rings (SSSR count). The van der Waals surface area contributed by atoms with Gasteiger partial charge in [0.1, 0.15) is 0 Å². The van der Waals surface area contributed by atoms with Crippen molar-refractivity contribution in [2.75, 3.05) is 20.2 Å². The van der Waals surface area contributed by atoms with E-state index in [4.69, 9.17) is 17.0 Å². The molecule has 3 nitrogen and oxygen atoms in total. The summed E-state index contributed by atoms with van der Waals surface area (Å²) < 4.78 is 5.67. The van der Waals surface area contributed by atoms with Crippen LogP contribution in [0.15, 0.2) is 60.7 Å². The molecule has 1 N–H and O–H groups in total. The van der Waals surface area contributed by atoms with Crippen molar-refractivity contribution in [2.24, 2.45) is 0 Å². The van der Waals surface area contributed by atoms with Gasteiger partial charge in [-0.3, -0.25) is 0 Å². The Morgan fingerprint density at radius 1 is 1.12 bits per heavy atom. The van der Waals surface area contributed by atoms with Gasteiger partial charge in [0, 0.05) is 20.2 Å². The molecule has 0 unspecified atom stereocenters. The van der Waals surface area contributed by atoms with Crippen LogP contribution in [0.5, 0.6) is 0 Å². The minimum Gasteiger partial charge on any atom is -0.376 e. The highest BCUT2D eigenvalue weighted by molar-refractivity contribution is 7.80. The highest BCUT2D eigenvalue weighted by atomic mass is 32.1. The van der Waals surface area contributed by atoms with E-state index in [1.165, 1.54) is 11.1 Å². The molecule has 0 aliphatic carbocycles. The molecule has 0 aromatic heterocycles. The molecule has 0 bridgehead atoms. The van der Waals surface area contributed by atoms with Crippen LogP contribution in [0.2, 0.25) is 0 Å².